The van der Waals surface area contributed by atoms with Crippen molar-refractivity contribution >= 4 is 0 Å². The van der Waals surface area contributed by atoms with Gasteiger partial charge in [0.15, 0.2) is 0 Å². The fraction of sp³-hybridized carbons (Fsp3) is 0.688. The monoisotopic (exact) mass is 229 g/mol. The van der Waals surface area contributed by atoms with Crippen molar-refractivity contribution in [2.75, 3.05) is 0 Å². The minimum Gasteiger partial charge on any atom is -0.198 e. The smallest absolute Gasteiger partial charge is 0.0630 e. The molecule has 0 heterocycles. The van der Waals surface area contributed by atoms with Crippen molar-refractivity contribution in [3.63, 3.8) is 0 Å². The lowest BCUT2D eigenvalue weighted by molar-refractivity contribution is 0.376. The van der Waals surface area contributed by atoms with E-state index in [1.54, 1.807) is 5.57 Å². The van der Waals surface area contributed by atoms with Crippen LogP contribution in [0.5, 0.6) is 0 Å². The van der Waals surface area contributed by atoms with Crippen LogP contribution in [0.3, 0.4) is 0 Å². The summed E-state index contributed by atoms with van der Waals surface area (Å²) >= 11 is 0. The predicted octanol–water partition coefficient (Wildman–Crippen LogP) is 4.76. The highest BCUT2D eigenvalue weighted by atomic mass is 14.4. The second-order valence-corrected chi connectivity index (χ2v) is 6.46. The van der Waals surface area contributed by atoms with Crippen LogP contribution in [0.2, 0.25) is 0 Å². The van der Waals surface area contributed by atoms with Crippen molar-refractivity contribution in [1.29, 1.82) is 5.26 Å². The van der Waals surface area contributed by atoms with Crippen molar-refractivity contribution in [2.24, 2.45) is 10.8 Å². The van der Waals surface area contributed by atoms with Crippen LogP contribution in [0.4, 0.5) is 0 Å². The Hall–Kier alpha value is -1.03. The van der Waals surface area contributed by atoms with E-state index in [-0.39, 0.29) is 5.41 Å². The van der Waals surface area contributed by atoms with Gasteiger partial charge in [0.05, 0.1) is 6.07 Å². The van der Waals surface area contributed by atoms with Gasteiger partial charge in [0.25, 0.3) is 0 Å². The first-order valence-electron chi connectivity index (χ1n) is 6.76. The predicted molar refractivity (Wildman–Crippen MR) is 71.4 cm³/mol. The van der Waals surface area contributed by atoms with Gasteiger partial charge in [-0.3, -0.25) is 0 Å². The van der Waals surface area contributed by atoms with Gasteiger partial charge in [0.1, 0.15) is 0 Å². The van der Waals surface area contributed by atoms with Gasteiger partial charge in [0, 0.05) is 11.8 Å². The maximum atomic E-state index is 8.84. The fourth-order valence-corrected chi connectivity index (χ4v) is 2.99. The molecule has 17 heavy (non-hydrogen) atoms. The van der Waals surface area contributed by atoms with E-state index in [9.17, 15) is 0 Å². The van der Waals surface area contributed by atoms with Crippen molar-refractivity contribution in [2.45, 2.75) is 59.3 Å². The summed E-state index contributed by atoms with van der Waals surface area (Å²) in [5.74, 6) is 0. The van der Waals surface area contributed by atoms with Crippen molar-refractivity contribution in [1.82, 2.24) is 0 Å². The van der Waals surface area contributed by atoms with Crippen molar-refractivity contribution in [3.05, 3.63) is 23.3 Å². The Labute approximate surface area is 105 Å². The minimum absolute atomic E-state index is 0.232. The lowest BCUT2D eigenvalue weighted by Gasteiger charge is -2.33. The largest absolute Gasteiger partial charge is 0.198 e. The zero-order chi connectivity index (χ0) is 12.5. The van der Waals surface area contributed by atoms with E-state index in [4.69, 9.17) is 5.26 Å². The van der Waals surface area contributed by atoms with Crippen LogP contribution in [0.25, 0.3) is 0 Å². The third-order valence-electron chi connectivity index (χ3n) is 4.47. The summed E-state index contributed by atoms with van der Waals surface area (Å²) in [6, 6.07) is 2.32. The average molecular weight is 229 g/mol. The molecule has 1 heteroatoms. The van der Waals surface area contributed by atoms with E-state index in [0.29, 0.717) is 11.8 Å². The SMILES string of the molecule is CC1=C(/C=C/C2(CC#N)CC2)C(C)(C)CCC1. The fourth-order valence-electron chi connectivity index (χ4n) is 2.99. The molecule has 92 valence electrons. The van der Waals surface area contributed by atoms with Crippen LogP contribution < -0.4 is 0 Å². The molecule has 2 aliphatic rings. The molecule has 0 aliphatic heterocycles. The molecule has 1 fully saturated rings. The lowest BCUT2D eigenvalue weighted by atomic mass is 9.72. The molecule has 0 aromatic rings. The Balaban J connectivity index is 2.17. The molecular weight excluding hydrogens is 206 g/mol. The lowest BCUT2D eigenvalue weighted by Crippen LogP contribution is -2.19. The first kappa shape index (κ1) is 12.4. The highest BCUT2D eigenvalue weighted by Gasteiger charge is 2.40. The van der Waals surface area contributed by atoms with Crippen LogP contribution in [-0.2, 0) is 0 Å². The van der Waals surface area contributed by atoms with E-state index in [2.05, 4.69) is 39.0 Å². The molecule has 0 aromatic carbocycles. The number of nitrogens with zero attached hydrogens (tertiary/aromatic N) is 1. The van der Waals surface area contributed by atoms with Crippen molar-refractivity contribution < 1.29 is 0 Å². The first-order valence-corrected chi connectivity index (χ1v) is 6.76. The number of nitriles is 1. The Bertz CT molecular complexity index is 400. The van der Waals surface area contributed by atoms with Crippen LogP contribution in [-0.4, -0.2) is 0 Å². The number of hydrogen-bond donors (Lipinski definition) is 0. The van der Waals surface area contributed by atoms with E-state index in [1.807, 2.05) is 0 Å². The van der Waals surface area contributed by atoms with Gasteiger partial charge in [-0.2, -0.15) is 5.26 Å². The Morgan fingerprint density at radius 2 is 2.00 bits per heavy atom. The molecule has 1 nitrogen and oxygen atoms in total. The molecule has 0 unspecified atom stereocenters. The zero-order valence-corrected chi connectivity index (χ0v) is 11.3. The molecule has 0 bridgehead atoms. The topological polar surface area (TPSA) is 23.8 Å². The first-order chi connectivity index (χ1) is 7.99. The Kier molecular flexibility index (Phi) is 3.17. The molecule has 0 N–H and O–H groups in total. The van der Waals surface area contributed by atoms with Crippen molar-refractivity contribution in [3.8, 4) is 6.07 Å². The molecule has 0 radical (unpaired) electrons. The highest BCUT2D eigenvalue weighted by molar-refractivity contribution is 5.34. The molecule has 2 rings (SSSR count). The van der Waals surface area contributed by atoms with Gasteiger partial charge >= 0.3 is 0 Å². The normalized spacial score (nSPS) is 26.0. The third kappa shape index (κ3) is 2.63. The zero-order valence-electron chi connectivity index (χ0n) is 11.3. The maximum Gasteiger partial charge on any atom is 0.0630 e. The summed E-state index contributed by atoms with van der Waals surface area (Å²) in [7, 11) is 0. The van der Waals surface area contributed by atoms with Gasteiger partial charge in [-0.15, -0.1) is 0 Å². The summed E-state index contributed by atoms with van der Waals surface area (Å²) in [6.45, 7) is 6.96. The molecule has 0 saturated heterocycles. The number of allylic oxidation sites excluding steroid dienone is 4. The van der Waals surface area contributed by atoms with Gasteiger partial charge in [-0.25, -0.2) is 0 Å². The molecule has 0 amide bonds. The van der Waals surface area contributed by atoms with E-state index < -0.39 is 0 Å². The summed E-state index contributed by atoms with van der Waals surface area (Å²) in [4.78, 5) is 0. The van der Waals surface area contributed by atoms with Crippen LogP contribution in [0.1, 0.15) is 59.3 Å². The summed E-state index contributed by atoms with van der Waals surface area (Å²) in [6.07, 6.45) is 11.6. The maximum absolute atomic E-state index is 8.84. The second-order valence-electron chi connectivity index (χ2n) is 6.46. The minimum atomic E-state index is 0.232. The van der Waals surface area contributed by atoms with Crippen LogP contribution in [0.15, 0.2) is 23.3 Å². The average Bonchev–Trinajstić information content (AvgIpc) is 2.97. The Morgan fingerprint density at radius 1 is 1.29 bits per heavy atom. The van der Waals surface area contributed by atoms with E-state index >= 15 is 0 Å². The molecular formula is C16H23N. The summed E-state index contributed by atoms with van der Waals surface area (Å²) < 4.78 is 0. The molecule has 0 spiro atoms. The number of hydrogen-bond acceptors (Lipinski definition) is 1. The summed E-state index contributed by atoms with van der Waals surface area (Å²) in [5, 5.41) is 8.84. The van der Waals surface area contributed by atoms with Gasteiger partial charge < -0.3 is 0 Å². The molecule has 2 aliphatic carbocycles. The van der Waals surface area contributed by atoms with Gasteiger partial charge in [-0.05, 0) is 50.0 Å². The molecule has 1 saturated carbocycles. The van der Waals surface area contributed by atoms with E-state index in [0.717, 1.165) is 0 Å². The van der Waals surface area contributed by atoms with Crippen LogP contribution >= 0.6 is 0 Å². The highest BCUT2D eigenvalue weighted by Crippen LogP contribution is 2.51. The van der Waals surface area contributed by atoms with Gasteiger partial charge in [-0.1, -0.05) is 31.6 Å². The third-order valence-corrected chi connectivity index (χ3v) is 4.47. The standard InChI is InChI=1S/C16H23N/c1-13-5-4-7-15(2,3)14(13)6-8-16(9-10-16)11-12-17/h6,8H,4-5,7,9-11H2,1-3H3/b8-6+. The number of rotatable bonds is 3. The van der Waals surface area contributed by atoms with Crippen LogP contribution in [0, 0.1) is 22.2 Å². The van der Waals surface area contributed by atoms with E-state index in [1.165, 1.54) is 37.7 Å². The summed E-state index contributed by atoms with van der Waals surface area (Å²) in [5.41, 5.74) is 3.62. The quantitative estimate of drug-likeness (QED) is 0.684. The second kappa shape index (κ2) is 4.33. The van der Waals surface area contributed by atoms with Gasteiger partial charge in [0.2, 0.25) is 0 Å². The molecule has 0 aromatic heterocycles. The Morgan fingerprint density at radius 3 is 2.53 bits per heavy atom. The molecule has 0 atom stereocenters.